The summed E-state index contributed by atoms with van der Waals surface area (Å²) in [7, 11) is 0. The zero-order valence-electron chi connectivity index (χ0n) is 12.1. The van der Waals surface area contributed by atoms with Gasteiger partial charge in [0.15, 0.2) is 5.13 Å². The van der Waals surface area contributed by atoms with Crippen molar-refractivity contribution in [2.75, 3.05) is 11.4 Å². The molecule has 0 saturated carbocycles. The van der Waals surface area contributed by atoms with Gasteiger partial charge in [0.1, 0.15) is 0 Å². The highest BCUT2D eigenvalue weighted by atomic mass is 32.1. The number of aromatic nitrogens is 1. The first-order valence-electron chi connectivity index (χ1n) is 7.28. The third-order valence-electron chi connectivity index (χ3n) is 3.87. The number of nitrogens with zero attached hydrogens (tertiary/aromatic N) is 2. The molecule has 0 bridgehead atoms. The molecule has 0 amide bonds. The largest absolute Gasteiger partial charge is 0.323 e. The fourth-order valence-corrected chi connectivity index (χ4v) is 3.94. The molecule has 1 heterocycles. The van der Waals surface area contributed by atoms with Crippen LogP contribution in [0.2, 0.25) is 0 Å². The minimum Gasteiger partial charge on any atom is -0.323 e. The van der Waals surface area contributed by atoms with E-state index in [9.17, 15) is 0 Å². The van der Waals surface area contributed by atoms with Crippen LogP contribution in [-0.2, 0) is 6.42 Å². The maximum absolute atomic E-state index is 6.21. The van der Waals surface area contributed by atoms with Crippen molar-refractivity contribution in [3.63, 3.8) is 0 Å². The number of anilines is 2. The molecule has 0 spiro atoms. The summed E-state index contributed by atoms with van der Waals surface area (Å²) in [4.78, 5) is 8.40. The maximum atomic E-state index is 6.21. The van der Waals surface area contributed by atoms with E-state index in [0.29, 0.717) is 0 Å². The van der Waals surface area contributed by atoms with Crippen molar-refractivity contribution < 1.29 is 0 Å². The Labute approximate surface area is 124 Å². The molecule has 2 aromatic rings. The van der Waals surface area contributed by atoms with Crippen LogP contribution in [0.15, 0.2) is 24.3 Å². The van der Waals surface area contributed by atoms with Crippen LogP contribution in [-0.4, -0.2) is 11.5 Å². The van der Waals surface area contributed by atoms with Crippen molar-refractivity contribution in [2.45, 2.75) is 39.2 Å². The Morgan fingerprint density at radius 3 is 2.75 bits per heavy atom. The molecule has 3 nitrogen and oxygen atoms in total. The molecule has 0 saturated heterocycles. The molecule has 0 fully saturated rings. The van der Waals surface area contributed by atoms with Crippen LogP contribution in [0.3, 0.4) is 0 Å². The highest BCUT2D eigenvalue weighted by Crippen LogP contribution is 2.38. The number of nitrogens with two attached hydrogens (primary N) is 1. The second-order valence-corrected chi connectivity index (χ2v) is 6.40. The molecule has 1 aliphatic rings. The van der Waals surface area contributed by atoms with Crippen LogP contribution < -0.4 is 10.6 Å². The number of hydrogen-bond donors (Lipinski definition) is 1. The second-order valence-electron chi connectivity index (χ2n) is 5.39. The minimum atomic E-state index is 0.182. The molecule has 3 rings (SSSR count). The van der Waals surface area contributed by atoms with E-state index < -0.39 is 0 Å². The zero-order valence-corrected chi connectivity index (χ0v) is 12.9. The predicted molar refractivity (Wildman–Crippen MR) is 85.8 cm³/mol. The van der Waals surface area contributed by atoms with E-state index in [1.807, 2.05) is 0 Å². The van der Waals surface area contributed by atoms with Gasteiger partial charge in [0.05, 0.1) is 5.69 Å². The summed E-state index contributed by atoms with van der Waals surface area (Å²) in [5.41, 5.74) is 9.92. The van der Waals surface area contributed by atoms with Gasteiger partial charge in [0.25, 0.3) is 0 Å². The molecule has 4 heteroatoms. The van der Waals surface area contributed by atoms with Gasteiger partial charge in [0.2, 0.25) is 0 Å². The quantitative estimate of drug-likeness (QED) is 0.929. The summed E-state index contributed by atoms with van der Waals surface area (Å²) in [6.45, 7) is 5.20. The lowest BCUT2D eigenvalue weighted by Crippen LogP contribution is -2.16. The van der Waals surface area contributed by atoms with E-state index in [1.165, 1.54) is 21.8 Å². The lowest BCUT2D eigenvalue weighted by Gasteiger charge is -2.20. The first-order valence-corrected chi connectivity index (χ1v) is 8.10. The summed E-state index contributed by atoms with van der Waals surface area (Å²) in [5.74, 6) is 0. The molecule has 2 N–H and O–H groups in total. The molecule has 1 aliphatic carbocycles. The summed E-state index contributed by atoms with van der Waals surface area (Å²) in [6.07, 6.45) is 3.32. The van der Waals surface area contributed by atoms with Crippen LogP contribution in [0.4, 0.5) is 10.8 Å². The predicted octanol–water partition coefficient (Wildman–Crippen LogP) is 3.95. The Hall–Kier alpha value is -1.39. The van der Waals surface area contributed by atoms with Gasteiger partial charge in [-0.1, -0.05) is 29.0 Å². The summed E-state index contributed by atoms with van der Waals surface area (Å²) in [5, 5.41) is 1.08. The van der Waals surface area contributed by atoms with Crippen molar-refractivity contribution >= 4 is 22.2 Å². The normalized spacial score (nSPS) is 17.9. The standard InChI is InChI=1S/C16H21N3S/c1-3-19(12-9-7-11(2)8-10-12)16-18-14-6-4-5-13(17)15(14)20-16/h7-10,13H,3-6,17H2,1-2H3. The van der Waals surface area contributed by atoms with Gasteiger partial charge < -0.3 is 10.6 Å². The number of aryl methyl sites for hydroxylation is 2. The summed E-state index contributed by atoms with van der Waals surface area (Å²) in [6, 6.07) is 8.81. The Morgan fingerprint density at radius 1 is 1.35 bits per heavy atom. The third-order valence-corrected chi connectivity index (χ3v) is 5.13. The maximum Gasteiger partial charge on any atom is 0.190 e. The molecule has 20 heavy (non-hydrogen) atoms. The van der Waals surface area contributed by atoms with Crippen molar-refractivity contribution in [3.8, 4) is 0 Å². The average molecular weight is 287 g/mol. The Bertz CT molecular complexity index is 588. The van der Waals surface area contributed by atoms with E-state index >= 15 is 0 Å². The van der Waals surface area contributed by atoms with Gasteiger partial charge in [0, 0.05) is 23.2 Å². The molecule has 1 aromatic carbocycles. The van der Waals surface area contributed by atoms with Crippen molar-refractivity contribution in [1.29, 1.82) is 0 Å². The average Bonchev–Trinajstić information content (AvgIpc) is 2.87. The van der Waals surface area contributed by atoms with E-state index in [1.54, 1.807) is 11.3 Å². The number of benzene rings is 1. The van der Waals surface area contributed by atoms with Gasteiger partial charge in [-0.2, -0.15) is 0 Å². The lowest BCUT2D eigenvalue weighted by molar-refractivity contribution is 0.573. The molecule has 1 unspecified atom stereocenters. The minimum absolute atomic E-state index is 0.182. The SMILES string of the molecule is CCN(c1ccc(C)cc1)c1nc2c(s1)C(N)CCC2. The van der Waals surface area contributed by atoms with Crippen molar-refractivity contribution in [1.82, 2.24) is 4.98 Å². The highest BCUT2D eigenvalue weighted by molar-refractivity contribution is 7.15. The van der Waals surface area contributed by atoms with Crippen molar-refractivity contribution in [2.24, 2.45) is 5.73 Å². The Balaban J connectivity index is 1.95. The van der Waals surface area contributed by atoms with Crippen LogP contribution in [0.5, 0.6) is 0 Å². The number of fused-ring (bicyclic) bond motifs is 1. The smallest absolute Gasteiger partial charge is 0.190 e. The van der Waals surface area contributed by atoms with Crippen LogP contribution in [0, 0.1) is 6.92 Å². The van der Waals surface area contributed by atoms with E-state index in [2.05, 4.69) is 43.0 Å². The molecular weight excluding hydrogens is 266 g/mol. The molecule has 1 atom stereocenters. The summed E-state index contributed by atoms with van der Waals surface area (Å²) < 4.78 is 0. The summed E-state index contributed by atoms with van der Waals surface area (Å²) >= 11 is 1.76. The number of thiazole rings is 1. The van der Waals surface area contributed by atoms with E-state index in [-0.39, 0.29) is 6.04 Å². The molecule has 0 radical (unpaired) electrons. The molecule has 106 valence electrons. The first-order chi connectivity index (χ1) is 9.69. The Morgan fingerprint density at radius 2 is 2.10 bits per heavy atom. The number of hydrogen-bond acceptors (Lipinski definition) is 4. The van der Waals surface area contributed by atoms with Gasteiger partial charge in [-0.3, -0.25) is 0 Å². The van der Waals surface area contributed by atoms with Gasteiger partial charge >= 0.3 is 0 Å². The van der Waals surface area contributed by atoms with Crippen molar-refractivity contribution in [3.05, 3.63) is 40.4 Å². The second kappa shape index (κ2) is 5.54. The first kappa shape index (κ1) is 13.6. The van der Waals surface area contributed by atoms with E-state index in [0.717, 1.165) is 30.9 Å². The third kappa shape index (κ3) is 2.45. The van der Waals surface area contributed by atoms with Crippen LogP contribution >= 0.6 is 11.3 Å². The number of rotatable bonds is 3. The fraction of sp³-hybridized carbons (Fsp3) is 0.438. The van der Waals surface area contributed by atoms with Gasteiger partial charge in [-0.15, -0.1) is 0 Å². The van der Waals surface area contributed by atoms with Crippen LogP contribution in [0.1, 0.15) is 41.9 Å². The van der Waals surface area contributed by atoms with Crippen LogP contribution in [0.25, 0.3) is 0 Å². The topological polar surface area (TPSA) is 42.2 Å². The lowest BCUT2D eigenvalue weighted by atomic mass is 9.99. The van der Waals surface area contributed by atoms with Gasteiger partial charge in [-0.25, -0.2) is 4.98 Å². The monoisotopic (exact) mass is 287 g/mol. The molecule has 0 aliphatic heterocycles. The van der Waals surface area contributed by atoms with Gasteiger partial charge in [-0.05, 0) is 45.2 Å². The van der Waals surface area contributed by atoms with E-state index in [4.69, 9.17) is 10.7 Å². The Kier molecular flexibility index (Phi) is 3.76. The highest BCUT2D eigenvalue weighted by Gasteiger charge is 2.23. The molecular formula is C16H21N3S. The molecule has 1 aromatic heterocycles. The zero-order chi connectivity index (χ0) is 14.1. The fourth-order valence-electron chi connectivity index (χ4n) is 2.71.